The lowest BCUT2D eigenvalue weighted by atomic mass is 10.1. The Labute approximate surface area is 94.7 Å². The summed E-state index contributed by atoms with van der Waals surface area (Å²) in [5.74, 6) is 0.934. The molecule has 0 amide bonds. The van der Waals surface area contributed by atoms with Crippen LogP contribution in [-0.4, -0.2) is 16.5 Å². The highest BCUT2D eigenvalue weighted by molar-refractivity contribution is 5.63. The predicted molar refractivity (Wildman–Crippen MR) is 61.7 cm³/mol. The molecule has 2 heterocycles. The van der Waals surface area contributed by atoms with Gasteiger partial charge in [0.05, 0.1) is 12.8 Å². The molecule has 2 rings (SSSR count). The minimum absolute atomic E-state index is 0.741. The van der Waals surface area contributed by atoms with Gasteiger partial charge in [-0.2, -0.15) is 0 Å². The number of hydrogen-bond donors (Lipinski definition) is 1. The average molecular weight is 217 g/mol. The van der Waals surface area contributed by atoms with Crippen LogP contribution in [0.15, 0.2) is 35.5 Å². The fourth-order valence-electron chi connectivity index (χ4n) is 1.55. The quantitative estimate of drug-likeness (QED) is 0.780. The fourth-order valence-corrected chi connectivity index (χ4v) is 1.55. The van der Waals surface area contributed by atoms with Crippen molar-refractivity contribution < 1.29 is 4.42 Å². The summed E-state index contributed by atoms with van der Waals surface area (Å²) in [6.07, 6.45) is 7.93. The minimum Gasteiger partial charge on any atom is -0.467 e. The number of aromatic nitrogens is 2. The van der Waals surface area contributed by atoms with Crippen molar-refractivity contribution in [3.63, 3.8) is 0 Å². The van der Waals surface area contributed by atoms with E-state index in [0.29, 0.717) is 0 Å². The van der Waals surface area contributed by atoms with Gasteiger partial charge in [0, 0.05) is 23.5 Å². The molecule has 2 aromatic rings. The van der Waals surface area contributed by atoms with Gasteiger partial charge in [0.25, 0.3) is 0 Å². The fraction of sp³-hybridized carbons (Fsp3) is 0.333. The van der Waals surface area contributed by atoms with Gasteiger partial charge < -0.3 is 9.73 Å². The van der Waals surface area contributed by atoms with Crippen LogP contribution in [0.2, 0.25) is 0 Å². The molecular weight excluding hydrogens is 202 g/mol. The Morgan fingerprint density at radius 1 is 1.31 bits per heavy atom. The molecule has 0 aliphatic heterocycles. The number of rotatable bonds is 5. The van der Waals surface area contributed by atoms with Crippen LogP contribution >= 0.6 is 0 Å². The molecular formula is C12H15N3O. The Morgan fingerprint density at radius 2 is 2.12 bits per heavy atom. The Kier molecular flexibility index (Phi) is 3.66. The second-order valence-corrected chi connectivity index (χ2v) is 3.56. The summed E-state index contributed by atoms with van der Waals surface area (Å²) in [4.78, 5) is 8.01. The number of furan rings is 1. The van der Waals surface area contributed by atoms with Gasteiger partial charge >= 0.3 is 0 Å². The normalized spacial score (nSPS) is 10.6. The number of nitrogens with one attached hydrogen (secondary N) is 1. The van der Waals surface area contributed by atoms with E-state index in [1.54, 1.807) is 18.7 Å². The van der Waals surface area contributed by atoms with Gasteiger partial charge in [-0.05, 0) is 19.0 Å². The molecule has 2 aromatic heterocycles. The SMILES string of the molecule is CCCNCc1occc1-c1cncnc1. The molecule has 0 radical (unpaired) electrons. The van der Waals surface area contributed by atoms with Crippen molar-refractivity contribution in [1.82, 2.24) is 15.3 Å². The lowest BCUT2D eigenvalue weighted by molar-refractivity contribution is 0.484. The van der Waals surface area contributed by atoms with E-state index in [2.05, 4.69) is 22.2 Å². The predicted octanol–water partition coefficient (Wildman–Crippen LogP) is 2.24. The first-order valence-corrected chi connectivity index (χ1v) is 5.44. The molecule has 0 fully saturated rings. The van der Waals surface area contributed by atoms with E-state index in [1.807, 2.05) is 6.07 Å². The monoisotopic (exact) mass is 217 g/mol. The van der Waals surface area contributed by atoms with Gasteiger partial charge in [0.2, 0.25) is 0 Å². The van der Waals surface area contributed by atoms with Crippen LogP contribution in [-0.2, 0) is 6.54 Å². The summed E-state index contributed by atoms with van der Waals surface area (Å²) in [6, 6.07) is 1.95. The molecule has 1 N–H and O–H groups in total. The maximum absolute atomic E-state index is 5.45. The molecule has 84 valence electrons. The van der Waals surface area contributed by atoms with E-state index >= 15 is 0 Å². The Morgan fingerprint density at radius 3 is 2.88 bits per heavy atom. The highest BCUT2D eigenvalue weighted by atomic mass is 16.3. The molecule has 0 unspecified atom stereocenters. The Hall–Kier alpha value is -1.68. The molecule has 16 heavy (non-hydrogen) atoms. The van der Waals surface area contributed by atoms with Gasteiger partial charge in [0.15, 0.2) is 0 Å². The third kappa shape index (κ3) is 2.46. The summed E-state index contributed by atoms with van der Waals surface area (Å²) in [5, 5.41) is 3.31. The van der Waals surface area contributed by atoms with Crippen molar-refractivity contribution in [2.24, 2.45) is 0 Å². The zero-order valence-electron chi connectivity index (χ0n) is 9.31. The molecule has 0 aliphatic carbocycles. The van der Waals surface area contributed by atoms with Crippen LogP contribution in [0.1, 0.15) is 19.1 Å². The summed E-state index contributed by atoms with van der Waals surface area (Å²) in [5.41, 5.74) is 2.05. The van der Waals surface area contributed by atoms with Crippen molar-refractivity contribution in [3.05, 3.63) is 36.8 Å². The van der Waals surface area contributed by atoms with Crippen molar-refractivity contribution in [2.45, 2.75) is 19.9 Å². The van der Waals surface area contributed by atoms with Crippen LogP contribution in [0.3, 0.4) is 0 Å². The van der Waals surface area contributed by atoms with E-state index in [0.717, 1.165) is 36.4 Å². The van der Waals surface area contributed by atoms with E-state index < -0.39 is 0 Å². The topological polar surface area (TPSA) is 51.0 Å². The van der Waals surface area contributed by atoms with Crippen molar-refractivity contribution in [3.8, 4) is 11.1 Å². The van der Waals surface area contributed by atoms with E-state index in [4.69, 9.17) is 4.42 Å². The molecule has 0 saturated heterocycles. The van der Waals surface area contributed by atoms with Gasteiger partial charge in [-0.1, -0.05) is 6.92 Å². The van der Waals surface area contributed by atoms with Crippen LogP contribution in [0.4, 0.5) is 0 Å². The molecule has 4 heteroatoms. The van der Waals surface area contributed by atoms with Crippen molar-refractivity contribution in [2.75, 3.05) is 6.54 Å². The summed E-state index contributed by atoms with van der Waals surface area (Å²) < 4.78 is 5.45. The zero-order valence-corrected chi connectivity index (χ0v) is 9.31. The van der Waals surface area contributed by atoms with Crippen molar-refractivity contribution in [1.29, 1.82) is 0 Å². The third-order valence-corrected chi connectivity index (χ3v) is 2.33. The standard InChI is InChI=1S/C12H15N3O/c1-2-4-13-8-12-11(3-5-16-12)10-6-14-9-15-7-10/h3,5-7,9,13H,2,4,8H2,1H3. The van der Waals surface area contributed by atoms with E-state index in [9.17, 15) is 0 Å². The van der Waals surface area contributed by atoms with Crippen LogP contribution in [0.25, 0.3) is 11.1 Å². The van der Waals surface area contributed by atoms with Crippen LogP contribution in [0.5, 0.6) is 0 Å². The van der Waals surface area contributed by atoms with Gasteiger partial charge in [-0.3, -0.25) is 0 Å². The lowest BCUT2D eigenvalue weighted by Crippen LogP contribution is -2.13. The Balaban J connectivity index is 2.13. The van der Waals surface area contributed by atoms with Crippen LogP contribution in [0, 0.1) is 0 Å². The summed E-state index contributed by atoms with van der Waals surface area (Å²) in [7, 11) is 0. The maximum atomic E-state index is 5.45. The largest absolute Gasteiger partial charge is 0.467 e. The summed E-state index contributed by atoms with van der Waals surface area (Å²) in [6.45, 7) is 3.87. The van der Waals surface area contributed by atoms with Crippen LogP contribution < -0.4 is 5.32 Å². The third-order valence-electron chi connectivity index (χ3n) is 2.33. The van der Waals surface area contributed by atoms with Gasteiger partial charge in [-0.25, -0.2) is 9.97 Å². The summed E-state index contributed by atoms with van der Waals surface area (Å²) >= 11 is 0. The first kappa shape index (κ1) is 10.8. The second kappa shape index (κ2) is 5.42. The molecule has 0 aliphatic rings. The maximum Gasteiger partial charge on any atom is 0.125 e. The first-order valence-electron chi connectivity index (χ1n) is 5.44. The Bertz CT molecular complexity index is 425. The van der Waals surface area contributed by atoms with Gasteiger partial charge in [-0.15, -0.1) is 0 Å². The highest BCUT2D eigenvalue weighted by Crippen LogP contribution is 2.23. The smallest absolute Gasteiger partial charge is 0.125 e. The molecule has 0 saturated carbocycles. The molecule has 4 nitrogen and oxygen atoms in total. The number of hydrogen-bond acceptors (Lipinski definition) is 4. The minimum atomic E-state index is 0.741. The molecule has 0 spiro atoms. The highest BCUT2D eigenvalue weighted by Gasteiger charge is 2.08. The molecule has 0 aromatic carbocycles. The van der Waals surface area contributed by atoms with E-state index in [-0.39, 0.29) is 0 Å². The van der Waals surface area contributed by atoms with Gasteiger partial charge in [0.1, 0.15) is 12.1 Å². The number of nitrogens with zero attached hydrogens (tertiary/aromatic N) is 2. The second-order valence-electron chi connectivity index (χ2n) is 3.56. The lowest BCUT2D eigenvalue weighted by Gasteiger charge is -2.03. The first-order chi connectivity index (χ1) is 7.92. The molecule has 0 bridgehead atoms. The van der Waals surface area contributed by atoms with Crippen molar-refractivity contribution >= 4 is 0 Å². The zero-order chi connectivity index (χ0) is 11.2. The van der Waals surface area contributed by atoms with E-state index in [1.165, 1.54) is 6.33 Å². The molecule has 0 atom stereocenters. The average Bonchev–Trinajstić information content (AvgIpc) is 2.79.